The normalized spacial score (nSPS) is 10.8. The lowest BCUT2D eigenvalue weighted by atomic mass is 10.1. The molecule has 0 bridgehead atoms. The minimum Gasteiger partial charge on any atom is -0.496 e. The first-order valence-corrected chi connectivity index (χ1v) is 10.4. The Bertz CT molecular complexity index is 1250. The number of anilines is 1. The molecule has 3 aromatic carbocycles. The molecule has 0 radical (unpaired) electrons. The van der Waals surface area contributed by atoms with Gasteiger partial charge in [-0.3, -0.25) is 14.9 Å². The first-order chi connectivity index (χ1) is 15.9. The Kier molecular flexibility index (Phi) is 7.78. The van der Waals surface area contributed by atoms with Gasteiger partial charge in [0, 0.05) is 0 Å². The zero-order chi connectivity index (χ0) is 23.8. The summed E-state index contributed by atoms with van der Waals surface area (Å²) >= 11 is 3.44. The van der Waals surface area contributed by atoms with E-state index in [1.54, 1.807) is 18.2 Å². The van der Waals surface area contributed by atoms with Crippen LogP contribution >= 0.6 is 15.9 Å². The van der Waals surface area contributed by atoms with Crippen LogP contribution in [-0.2, 0) is 11.4 Å². The van der Waals surface area contributed by atoms with Crippen molar-refractivity contribution in [2.45, 2.75) is 6.61 Å². The third kappa shape index (κ3) is 6.18. The van der Waals surface area contributed by atoms with Crippen molar-refractivity contribution in [3.05, 3.63) is 98.0 Å². The summed E-state index contributed by atoms with van der Waals surface area (Å²) in [5, 5.41) is 23.2. The van der Waals surface area contributed by atoms with Crippen molar-refractivity contribution < 1.29 is 19.2 Å². The fraction of sp³-hybridized carbons (Fsp3) is 0.0833. The molecule has 1 amide bonds. The van der Waals surface area contributed by atoms with E-state index in [-0.39, 0.29) is 22.7 Å². The molecule has 8 nitrogen and oxygen atoms in total. The van der Waals surface area contributed by atoms with Gasteiger partial charge < -0.3 is 14.8 Å². The maximum Gasteiger partial charge on any atom is 0.296 e. The highest BCUT2D eigenvalue weighted by molar-refractivity contribution is 9.10. The number of hydrogen-bond acceptors (Lipinski definition) is 6. The number of ether oxygens (including phenoxy) is 2. The van der Waals surface area contributed by atoms with Crippen molar-refractivity contribution in [1.29, 1.82) is 5.26 Å². The number of amides is 1. The first kappa shape index (κ1) is 23.5. The van der Waals surface area contributed by atoms with Crippen molar-refractivity contribution in [2.24, 2.45) is 0 Å². The SMILES string of the molecule is COc1ccc(NC(=O)/C(C#N)=C/c2ccc(OCc3ccccc3)c(Br)c2)c([N+](=O)[O-])c1. The average Bonchev–Trinajstić information content (AvgIpc) is 2.82. The summed E-state index contributed by atoms with van der Waals surface area (Å²) in [5.41, 5.74) is 0.986. The third-order valence-corrected chi connectivity index (χ3v) is 5.14. The number of benzene rings is 3. The largest absolute Gasteiger partial charge is 0.496 e. The maximum absolute atomic E-state index is 12.6. The summed E-state index contributed by atoms with van der Waals surface area (Å²) in [6, 6.07) is 20.7. The second kappa shape index (κ2) is 10.9. The minimum atomic E-state index is -0.772. The number of hydrogen-bond donors (Lipinski definition) is 1. The highest BCUT2D eigenvalue weighted by Crippen LogP contribution is 2.30. The fourth-order valence-corrected chi connectivity index (χ4v) is 3.37. The van der Waals surface area contributed by atoms with E-state index in [2.05, 4.69) is 21.2 Å². The lowest BCUT2D eigenvalue weighted by Gasteiger charge is -2.09. The van der Waals surface area contributed by atoms with Crippen molar-refractivity contribution >= 4 is 39.3 Å². The number of nitro groups is 1. The average molecular weight is 508 g/mol. The number of nitrogens with one attached hydrogen (secondary N) is 1. The molecule has 0 saturated heterocycles. The van der Waals surface area contributed by atoms with Crippen LogP contribution in [0.15, 0.2) is 76.8 Å². The van der Waals surface area contributed by atoms with Gasteiger partial charge in [-0.1, -0.05) is 36.4 Å². The summed E-state index contributed by atoms with van der Waals surface area (Å²) < 4.78 is 11.4. The van der Waals surface area contributed by atoms with Gasteiger partial charge in [0.1, 0.15) is 35.4 Å². The number of halogens is 1. The van der Waals surface area contributed by atoms with Crippen LogP contribution in [0, 0.1) is 21.4 Å². The summed E-state index contributed by atoms with van der Waals surface area (Å²) in [4.78, 5) is 23.3. The number of carbonyl (C=O) groups excluding carboxylic acids is 1. The number of nitro benzene ring substituents is 1. The van der Waals surface area contributed by atoms with Crippen LogP contribution in [0.25, 0.3) is 6.08 Å². The molecule has 9 heteroatoms. The van der Waals surface area contributed by atoms with E-state index in [1.165, 1.54) is 31.4 Å². The van der Waals surface area contributed by atoms with Crippen molar-refractivity contribution in [3.63, 3.8) is 0 Å². The van der Waals surface area contributed by atoms with E-state index in [4.69, 9.17) is 9.47 Å². The van der Waals surface area contributed by atoms with E-state index >= 15 is 0 Å². The molecule has 0 heterocycles. The van der Waals surface area contributed by atoms with Gasteiger partial charge in [0.25, 0.3) is 11.6 Å². The summed E-state index contributed by atoms with van der Waals surface area (Å²) in [6.07, 6.45) is 1.39. The van der Waals surface area contributed by atoms with Crippen molar-refractivity contribution in [3.8, 4) is 17.6 Å². The molecule has 0 aliphatic rings. The van der Waals surface area contributed by atoms with Gasteiger partial charge in [-0.2, -0.15) is 5.26 Å². The van der Waals surface area contributed by atoms with Gasteiger partial charge in [0.05, 0.1) is 22.6 Å². The third-order valence-electron chi connectivity index (χ3n) is 4.52. The molecule has 0 aliphatic carbocycles. The number of rotatable bonds is 8. The van der Waals surface area contributed by atoms with Crippen LogP contribution in [0.4, 0.5) is 11.4 Å². The first-order valence-electron chi connectivity index (χ1n) is 9.63. The molecule has 0 spiro atoms. The Morgan fingerprint density at radius 3 is 2.58 bits per heavy atom. The highest BCUT2D eigenvalue weighted by atomic mass is 79.9. The summed E-state index contributed by atoms with van der Waals surface area (Å²) in [7, 11) is 1.38. The van der Waals surface area contributed by atoms with E-state index < -0.39 is 10.8 Å². The molecule has 3 rings (SSSR count). The zero-order valence-corrected chi connectivity index (χ0v) is 19.0. The number of nitriles is 1. The molecular weight excluding hydrogens is 490 g/mol. The van der Waals surface area contributed by atoms with Crippen LogP contribution in [0.5, 0.6) is 11.5 Å². The molecular formula is C24H18BrN3O5. The van der Waals surface area contributed by atoms with Gasteiger partial charge in [-0.25, -0.2) is 0 Å². The molecule has 0 aromatic heterocycles. The van der Waals surface area contributed by atoms with Crippen LogP contribution in [0.2, 0.25) is 0 Å². The fourth-order valence-electron chi connectivity index (χ4n) is 2.86. The maximum atomic E-state index is 12.6. The van der Waals surface area contributed by atoms with Crippen molar-refractivity contribution in [2.75, 3.05) is 12.4 Å². The molecule has 166 valence electrons. The van der Waals surface area contributed by atoms with Gasteiger partial charge in [-0.05, 0) is 57.4 Å². The van der Waals surface area contributed by atoms with Crippen LogP contribution < -0.4 is 14.8 Å². The smallest absolute Gasteiger partial charge is 0.296 e. The predicted octanol–water partition coefficient (Wildman–Crippen LogP) is 5.49. The van der Waals surface area contributed by atoms with E-state index in [9.17, 15) is 20.2 Å². The van der Waals surface area contributed by atoms with Crippen LogP contribution in [-0.4, -0.2) is 17.9 Å². The molecule has 0 saturated carbocycles. The topological polar surface area (TPSA) is 114 Å². The molecule has 0 atom stereocenters. The summed E-state index contributed by atoms with van der Waals surface area (Å²) in [6.45, 7) is 0.390. The second-order valence-electron chi connectivity index (χ2n) is 6.73. The quantitative estimate of drug-likeness (QED) is 0.186. The lowest BCUT2D eigenvalue weighted by Crippen LogP contribution is -2.14. The zero-order valence-electron chi connectivity index (χ0n) is 17.4. The summed E-state index contributed by atoms with van der Waals surface area (Å²) in [5.74, 6) is 0.106. The monoisotopic (exact) mass is 507 g/mol. The van der Waals surface area contributed by atoms with Crippen LogP contribution in [0.1, 0.15) is 11.1 Å². The number of methoxy groups -OCH3 is 1. The second-order valence-corrected chi connectivity index (χ2v) is 7.58. The molecule has 0 fully saturated rings. The lowest BCUT2D eigenvalue weighted by molar-refractivity contribution is -0.384. The van der Waals surface area contributed by atoms with Gasteiger partial charge in [-0.15, -0.1) is 0 Å². The van der Waals surface area contributed by atoms with E-state index in [1.807, 2.05) is 36.4 Å². The van der Waals surface area contributed by atoms with E-state index in [0.717, 1.165) is 5.56 Å². The Labute approximate surface area is 198 Å². The minimum absolute atomic E-state index is 0.0437. The van der Waals surface area contributed by atoms with Gasteiger partial charge in [0.2, 0.25) is 0 Å². The Balaban J connectivity index is 1.76. The Morgan fingerprint density at radius 2 is 1.94 bits per heavy atom. The molecule has 3 aromatic rings. The van der Waals surface area contributed by atoms with Crippen molar-refractivity contribution in [1.82, 2.24) is 0 Å². The Morgan fingerprint density at radius 1 is 1.18 bits per heavy atom. The molecule has 1 N–H and O–H groups in total. The van der Waals surface area contributed by atoms with E-state index in [0.29, 0.717) is 22.4 Å². The van der Waals surface area contributed by atoms with Gasteiger partial charge >= 0.3 is 0 Å². The Hall–Kier alpha value is -4.16. The molecule has 33 heavy (non-hydrogen) atoms. The number of nitrogens with zero attached hydrogens (tertiary/aromatic N) is 2. The standard InChI is InChI=1S/C24H18BrN3O5/c1-32-19-8-9-21(22(13-19)28(30)31)27-24(29)18(14-26)11-17-7-10-23(20(25)12-17)33-15-16-5-3-2-4-6-16/h2-13H,15H2,1H3,(H,27,29)/b18-11+. The van der Waals surface area contributed by atoms with Crippen LogP contribution in [0.3, 0.4) is 0 Å². The molecule has 0 aliphatic heterocycles. The predicted molar refractivity (Wildman–Crippen MR) is 127 cm³/mol. The number of carbonyl (C=O) groups is 1. The van der Waals surface area contributed by atoms with Gasteiger partial charge in [0.15, 0.2) is 0 Å². The molecule has 0 unspecified atom stereocenters. The highest BCUT2D eigenvalue weighted by Gasteiger charge is 2.19.